The summed E-state index contributed by atoms with van der Waals surface area (Å²) in [5, 5.41) is 3.37. The predicted octanol–water partition coefficient (Wildman–Crippen LogP) is 5.24. The molecule has 0 amide bonds. The summed E-state index contributed by atoms with van der Waals surface area (Å²) in [6, 6.07) is 28.5. The van der Waals surface area contributed by atoms with Gasteiger partial charge < -0.3 is 9.53 Å². The van der Waals surface area contributed by atoms with Crippen LogP contribution in [0.4, 0.5) is 0 Å². The maximum Gasteiger partial charge on any atom is 0.339 e. The largest absolute Gasteiger partial charge is 0.458 e. The molecule has 0 fully saturated rings. The second kappa shape index (κ2) is 11.7. The van der Waals surface area contributed by atoms with Gasteiger partial charge in [0.1, 0.15) is 12.4 Å². The van der Waals surface area contributed by atoms with E-state index in [1.807, 2.05) is 67.6 Å². The lowest BCUT2D eigenvalue weighted by molar-refractivity contribution is -0.108. The number of carbonyl (C=O) groups is 2. The SMILES string of the molecule is CC(C)[C@H](C[C@@H](C)CC=O)OC(=O)c1ccccc1P(c1ccccc1)c1ccccc1. The lowest BCUT2D eigenvalue weighted by Crippen LogP contribution is -2.30. The maximum atomic E-state index is 13.4. The van der Waals surface area contributed by atoms with E-state index in [1.165, 1.54) is 10.6 Å². The van der Waals surface area contributed by atoms with Gasteiger partial charge in [0.2, 0.25) is 0 Å². The zero-order valence-electron chi connectivity index (χ0n) is 19.0. The van der Waals surface area contributed by atoms with Crippen LogP contribution in [0.15, 0.2) is 84.9 Å². The van der Waals surface area contributed by atoms with E-state index in [1.54, 1.807) is 0 Å². The minimum absolute atomic E-state index is 0.171. The molecule has 4 heteroatoms. The molecule has 166 valence electrons. The number of ether oxygens (including phenoxy) is 1. The number of carbonyl (C=O) groups excluding carboxylic acids is 2. The standard InChI is InChI=1S/C28H31O3P/c1-21(2)26(20-22(3)18-19-29)31-28(30)25-16-10-11-17-27(25)32(23-12-6-4-7-13-23)24-14-8-5-9-15-24/h4-17,19,21-22,26H,18,20H2,1-3H3/t22-,26-/m0/s1. The van der Waals surface area contributed by atoms with Gasteiger partial charge in [-0.2, -0.15) is 0 Å². The molecule has 0 N–H and O–H groups in total. The molecule has 0 unspecified atom stereocenters. The molecule has 0 aromatic heterocycles. The fraction of sp³-hybridized carbons (Fsp3) is 0.286. The maximum absolute atomic E-state index is 13.4. The molecule has 0 bridgehead atoms. The second-order valence-corrected chi connectivity index (χ2v) is 10.6. The molecule has 3 nitrogen and oxygen atoms in total. The van der Waals surface area contributed by atoms with Crippen LogP contribution in [0.5, 0.6) is 0 Å². The van der Waals surface area contributed by atoms with Gasteiger partial charge in [-0.15, -0.1) is 0 Å². The van der Waals surface area contributed by atoms with Crippen molar-refractivity contribution in [1.82, 2.24) is 0 Å². The molecule has 0 aliphatic heterocycles. The summed E-state index contributed by atoms with van der Waals surface area (Å²) in [6.45, 7) is 6.13. The Kier molecular flexibility index (Phi) is 8.76. The van der Waals surface area contributed by atoms with Crippen molar-refractivity contribution in [2.75, 3.05) is 0 Å². The zero-order chi connectivity index (χ0) is 22.9. The highest BCUT2D eigenvalue weighted by Gasteiger charge is 2.26. The molecule has 0 heterocycles. The van der Waals surface area contributed by atoms with E-state index in [4.69, 9.17) is 4.74 Å². The number of benzene rings is 3. The van der Waals surface area contributed by atoms with Crippen LogP contribution in [0.1, 0.15) is 44.0 Å². The Labute approximate surface area is 192 Å². The van der Waals surface area contributed by atoms with E-state index < -0.39 is 7.92 Å². The predicted molar refractivity (Wildman–Crippen MR) is 134 cm³/mol. The van der Waals surface area contributed by atoms with Crippen LogP contribution in [0.2, 0.25) is 0 Å². The molecule has 0 saturated carbocycles. The van der Waals surface area contributed by atoms with Crippen LogP contribution < -0.4 is 15.9 Å². The Morgan fingerprint density at radius 2 is 1.38 bits per heavy atom. The minimum Gasteiger partial charge on any atom is -0.458 e. The van der Waals surface area contributed by atoms with Gasteiger partial charge in [0.25, 0.3) is 0 Å². The van der Waals surface area contributed by atoms with Gasteiger partial charge in [-0.25, -0.2) is 4.79 Å². The minimum atomic E-state index is -0.909. The first-order valence-electron chi connectivity index (χ1n) is 11.1. The molecule has 0 radical (unpaired) electrons. The van der Waals surface area contributed by atoms with Crippen LogP contribution in [-0.2, 0) is 9.53 Å². The van der Waals surface area contributed by atoms with Gasteiger partial charge in [-0.05, 0) is 48.2 Å². The van der Waals surface area contributed by atoms with Crippen molar-refractivity contribution in [2.24, 2.45) is 11.8 Å². The second-order valence-electron chi connectivity index (χ2n) is 8.45. The van der Waals surface area contributed by atoms with Crippen molar-refractivity contribution in [2.45, 2.75) is 39.7 Å². The third kappa shape index (κ3) is 6.14. The molecule has 3 aromatic carbocycles. The van der Waals surface area contributed by atoms with E-state index in [0.29, 0.717) is 18.4 Å². The first kappa shape index (κ1) is 23.9. The Morgan fingerprint density at radius 3 is 1.91 bits per heavy atom. The smallest absolute Gasteiger partial charge is 0.339 e. The van der Waals surface area contributed by atoms with Crippen molar-refractivity contribution in [3.05, 3.63) is 90.5 Å². The Hall–Kier alpha value is -2.77. The van der Waals surface area contributed by atoms with Gasteiger partial charge in [0, 0.05) is 6.42 Å². The van der Waals surface area contributed by atoms with Crippen LogP contribution in [0, 0.1) is 11.8 Å². The summed E-state index contributed by atoms with van der Waals surface area (Å²) in [5.41, 5.74) is 0.611. The fourth-order valence-corrected chi connectivity index (χ4v) is 6.17. The van der Waals surface area contributed by atoms with Crippen LogP contribution >= 0.6 is 7.92 Å². The highest BCUT2D eigenvalue weighted by Crippen LogP contribution is 2.34. The summed E-state index contributed by atoms with van der Waals surface area (Å²) in [4.78, 5) is 24.3. The molecule has 0 aliphatic carbocycles. The molecule has 0 aliphatic rings. The molecule has 0 saturated heterocycles. The average Bonchev–Trinajstić information content (AvgIpc) is 2.80. The van der Waals surface area contributed by atoms with Gasteiger partial charge in [0.15, 0.2) is 0 Å². The summed E-state index contributed by atoms with van der Waals surface area (Å²) in [5.74, 6) is 0.0515. The first-order valence-corrected chi connectivity index (χ1v) is 12.5. The Morgan fingerprint density at radius 1 is 0.844 bits per heavy atom. The average molecular weight is 447 g/mol. The summed E-state index contributed by atoms with van der Waals surface area (Å²) in [6.07, 6.45) is 1.86. The van der Waals surface area contributed by atoms with Crippen molar-refractivity contribution >= 4 is 36.1 Å². The van der Waals surface area contributed by atoms with Crippen LogP contribution in [0.3, 0.4) is 0 Å². The van der Waals surface area contributed by atoms with E-state index >= 15 is 0 Å². The van der Waals surface area contributed by atoms with E-state index in [9.17, 15) is 9.59 Å². The third-order valence-electron chi connectivity index (χ3n) is 5.53. The van der Waals surface area contributed by atoms with E-state index in [0.717, 1.165) is 11.6 Å². The van der Waals surface area contributed by atoms with Crippen molar-refractivity contribution in [1.29, 1.82) is 0 Å². The fourth-order valence-electron chi connectivity index (χ4n) is 3.74. The number of hydrogen-bond donors (Lipinski definition) is 0. The molecule has 32 heavy (non-hydrogen) atoms. The molecular weight excluding hydrogens is 415 g/mol. The molecule has 2 atom stereocenters. The number of rotatable bonds is 10. The van der Waals surface area contributed by atoms with Gasteiger partial charge in [-0.1, -0.05) is 99.6 Å². The quantitative estimate of drug-likeness (QED) is 0.243. The van der Waals surface area contributed by atoms with Crippen LogP contribution in [0.25, 0.3) is 0 Å². The monoisotopic (exact) mass is 446 g/mol. The Balaban J connectivity index is 1.97. The summed E-state index contributed by atoms with van der Waals surface area (Å²) >= 11 is 0. The molecular formula is C28H31O3P. The first-order chi connectivity index (χ1) is 15.5. The zero-order valence-corrected chi connectivity index (χ0v) is 19.9. The van der Waals surface area contributed by atoms with Gasteiger partial charge in [0.05, 0.1) is 5.56 Å². The van der Waals surface area contributed by atoms with Gasteiger partial charge >= 0.3 is 5.97 Å². The number of esters is 1. The summed E-state index contributed by atoms with van der Waals surface area (Å²) in [7, 11) is -0.909. The van der Waals surface area contributed by atoms with Gasteiger partial charge in [-0.3, -0.25) is 0 Å². The van der Waals surface area contributed by atoms with Crippen molar-refractivity contribution in [3.63, 3.8) is 0 Å². The Bertz CT molecular complexity index is 962. The molecule has 3 rings (SSSR count). The van der Waals surface area contributed by atoms with E-state index in [-0.39, 0.29) is 23.9 Å². The molecule has 3 aromatic rings. The number of aldehydes is 1. The highest BCUT2D eigenvalue weighted by molar-refractivity contribution is 7.80. The highest BCUT2D eigenvalue weighted by atomic mass is 31.1. The molecule has 0 spiro atoms. The summed E-state index contributed by atoms with van der Waals surface area (Å²) < 4.78 is 6.03. The van der Waals surface area contributed by atoms with Crippen molar-refractivity contribution < 1.29 is 14.3 Å². The number of hydrogen-bond acceptors (Lipinski definition) is 3. The van der Waals surface area contributed by atoms with E-state index in [2.05, 4.69) is 38.1 Å². The van der Waals surface area contributed by atoms with Crippen LogP contribution in [-0.4, -0.2) is 18.4 Å². The van der Waals surface area contributed by atoms with Crippen molar-refractivity contribution in [3.8, 4) is 0 Å². The third-order valence-corrected chi connectivity index (χ3v) is 8.03. The normalized spacial score (nSPS) is 13.0. The topological polar surface area (TPSA) is 43.4 Å². The lowest BCUT2D eigenvalue weighted by atomic mass is 9.94. The lowest BCUT2D eigenvalue weighted by Gasteiger charge is -2.26.